The van der Waals surface area contributed by atoms with E-state index >= 15 is 0 Å². The molecule has 0 N–H and O–H groups in total. The minimum absolute atomic E-state index is 0.138. The fourth-order valence-corrected chi connectivity index (χ4v) is 4.53. The first-order valence-corrected chi connectivity index (χ1v) is 8.48. The molecule has 0 amide bonds. The third kappa shape index (κ3) is 2.61. The average Bonchev–Trinajstić information content (AvgIpc) is 2.46. The first kappa shape index (κ1) is 14.4. The van der Waals surface area contributed by atoms with Crippen molar-refractivity contribution in [1.82, 2.24) is 4.90 Å². The Bertz CT molecular complexity index is 638. The number of hydrogen-bond acceptors (Lipinski definition) is 3. The van der Waals surface area contributed by atoms with E-state index in [0.717, 1.165) is 25.3 Å². The topological polar surface area (TPSA) is 29.5 Å². The van der Waals surface area contributed by atoms with E-state index in [1.165, 1.54) is 18.5 Å². The highest BCUT2D eigenvalue weighted by Gasteiger charge is 2.40. The van der Waals surface area contributed by atoms with E-state index in [9.17, 15) is 4.79 Å². The SMILES string of the molecule is O=C(OC1C=C2CC3CCN2C(C3)C1)c1cc(Cl)cc(Cl)c1. The van der Waals surface area contributed by atoms with E-state index < -0.39 is 0 Å². The van der Waals surface area contributed by atoms with Gasteiger partial charge in [0.1, 0.15) is 6.10 Å². The second kappa shape index (κ2) is 5.47. The predicted molar refractivity (Wildman–Crippen MR) is 86.2 cm³/mol. The highest BCUT2D eigenvalue weighted by atomic mass is 35.5. The van der Waals surface area contributed by atoms with E-state index in [1.807, 2.05) is 0 Å². The number of rotatable bonds is 2. The lowest BCUT2D eigenvalue weighted by Crippen LogP contribution is -2.51. The molecule has 4 aliphatic rings. The molecule has 4 aliphatic heterocycles. The summed E-state index contributed by atoms with van der Waals surface area (Å²) in [5, 5.41) is 0.892. The Morgan fingerprint density at radius 3 is 2.64 bits per heavy atom. The smallest absolute Gasteiger partial charge is 0.338 e. The fourth-order valence-electron chi connectivity index (χ4n) is 4.01. The maximum atomic E-state index is 12.3. The van der Waals surface area contributed by atoms with Crippen LogP contribution in [0.25, 0.3) is 0 Å². The van der Waals surface area contributed by atoms with Gasteiger partial charge in [-0.3, -0.25) is 0 Å². The summed E-state index contributed by atoms with van der Waals surface area (Å²) in [5.41, 5.74) is 1.77. The zero-order valence-electron chi connectivity index (χ0n) is 12.1. The van der Waals surface area contributed by atoms with Gasteiger partial charge < -0.3 is 9.64 Å². The normalized spacial score (nSPS) is 29.3. The van der Waals surface area contributed by atoms with Crippen LogP contribution in [0.1, 0.15) is 36.0 Å². The highest BCUT2D eigenvalue weighted by Crippen LogP contribution is 2.43. The maximum absolute atomic E-state index is 12.3. The van der Waals surface area contributed by atoms with Crippen molar-refractivity contribution in [1.29, 1.82) is 0 Å². The van der Waals surface area contributed by atoms with Gasteiger partial charge in [0.05, 0.1) is 5.56 Å². The summed E-state index contributed by atoms with van der Waals surface area (Å²) in [5.74, 6) is 0.469. The molecule has 3 saturated heterocycles. The van der Waals surface area contributed by atoms with Crippen LogP contribution >= 0.6 is 23.2 Å². The lowest BCUT2D eigenvalue weighted by Gasteiger charge is -2.51. The third-order valence-electron chi connectivity index (χ3n) is 4.93. The van der Waals surface area contributed by atoms with E-state index in [0.29, 0.717) is 21.7 Å². The molecule has 4 bridgehead atoms. The Balaban J connectivity index is 1.51. The Morgan fingerprint density at radius 2 is 1.95 bits per heavy atom. The molecule has 116 valence electrons. The molecule has 5 rings (SSSR count). The van der Waals surface area contributed by atoms with Gasteiger partial charge >= 0.3 is 5.97 Å². The second-order valence-electron chi connectivity index (χ2n) is 6.44. The molecule has 3 unspecified atom stereocenters. The minimum atomic E-state index is -0.355. The van der Waals surface area contributed by atoms with Crippen LogP contribution in [0.15, 0.2) is 30.0 Å². The van der Waals surface area contributed by atoms with Crippen LogP contribution in [0.4, 0.5) is 0 Å². The summed E-state index contributed by atoms with van der Waals surface area (Å²) >= 11 is 11.9. The molecule has 22 heavy (non-hydrogen) atoms. The summed E-state index contributed by atoms with van der Waals surface area (Å²) in [6.45, 7) is 1.16. The van der Waals surface area contributed by atoms with Crippen molar-refractivity contribution in [3.05, 3.63) is 45.6 Å². The summed E-state index contributed by atoms with van der Waals surface area (Å²) in [6.07, 6.45) is 6.55. The van der Waals surface area contributed by atoms with E-state index in [2.05, 4.69) is 11.0 Å². The van der Waals surface area contributed by atoms with Gasteiger partial charge in [0.2, 0.25) is 0 Å². The van der Waals surface area contributed by atoms with Crippen molar-refractivity contribution in [3.8, 4) is 0 Å². The lowest BCUT2D eigenvalue weighted by molar-refractivity contribution is 0.00918. The van der Waals surface area contributed by atoms with E-state index in [1.54, 1.807) is 18.2 Å². The van der Waals surface area contributed by atoms with Crippen molar-refractivity contribution in [2.75, 3.05) is 6.54 Å². The quantitative estimate of drug-likeness (QED) is 0.754. The molecule has 3 fully saturated rings. The number of hydrogen-bond donors (Lipinski definition) is 0. The standard InChI is InChI=1S/C17H17Cl2NO2/c18-12-5-11(6-13(19)7-12)17(21)22-16-8-14-3-10-1-2-20(14)15(4-10)9-16/h5-8,10,15-16H,1-4,9H2. The van der Waals surface area contributed by atoms with Crippen molar-refractivity contribution < 1.29 is 9.53 Å². The van der Waals surface area contributed by atoms with Crippen LogP contribution in [0.5, 0.6) is 0 Å². The first-order valence-electron chi connectivity index (χ1n) is 7.73. The van der Waals surface area contributed by atoms with Crippen molar-refractivity contribution in [3.63, 3.8) is 0 Å². The number of halogens is 2. The van der Waals surface area contributed by atoms with Gasteiger partial charge in [-0.2, -0.15) is 0 Å². The molecule has 0 spiro atoms. The fraction of sp³-hybridized carbons (Fsp3) is 0.471. The lowest BCUT2D eigenvalue weighted by atomic mass is 9.76. The van der Waals surface area contributed by atoms with Gasteiger partial charge in [0.15, 0.2) is 0 Å². The summed E-state index contributed by atoms with van der Waals surface area (Å²) in [6, 6.07) is 5.33. The zero-order valence-corrected chi connectivity index (χ0v) is 13.6. The van der Waals surface area contributed by atoms with Gasteiger partial charge in [-0.15, -0.1) is 0 Å². The summed E-state index contributed by atoms with van der Waals surface area (Å²) < 4.78 is 5.67. The average molecular weight is 338 g/mol. The van der Waals surface area contributed by atoms with Crippen LogP contribution in [0.2, 0.25) is 10.0 Å². The number of esters is 1. The van der Waals surface area contributed by atoms with Crippen molar-refractivity contribution in [2.45, 2.75) is 37.8 Å². The van der Waals surface area contributed by atoms with Gasteiger partial charge in [-0.25, -0.2) is 4.79 Å². The van der Waals surface area contributed by atoms with Crippen LogP contribution in [-0.4, -0.2) is 29.6 Å². The second-order valence-corrected chi connectivity index (χ2v) is 7.31. The number of fused-ring (bicyclic) bond motifs is 1. The number of ether oxygens (including phenoxy) is 1. The predicted octanol–water partition coefficient (Wildman–Crippen LogP) is 4.29. The van der Waals surface area contributed by atoms with Gasteiger partial charge in [0, 0.05) is 34.7 Å². The highest BCUT2D eigenvalue weighted by molar-refractivity contribution is 6.35. The molecule has 1 aromatic rings. The zero-order chi connectivity index (χ0) is 15.3. The Hall–Kier alpha value is -1.19. The van der Waals surface area contributed by atoms with Crippen LogP contribution in [-0.2, 0) is 4.74 Å². The number of carbonyl (C=O) groups excluding carboxylic acids is 1. The molecule has 0 radical (unpaired) electrons. The van der Waals surface area contributed by atoms with Crippen LogP contribution < -0.4 is 0 Å². The largest absolute Gasteiger partial charge is 0.454 e. The molecule has 4 heterocycles. The van der Waals surface area contributed by atoms with Gasteiger partial charge in [-0.05, 0) is 49.5 Å². The molecule has 0 aromatic heterocycles. The Kier molecular flexibility index (Phi) is 3.58. The molecule has 1 aromatic carbocycles. The Labute approximate surface area is 139 Å². The minimum Gasteiger partial charge on any atom is -0.454 e. The number of nitrogens with zero attached hydrogens (tertiary/aromatic N) is 1. The summed E-state index contributed by atoms with van der Waals surface area (Å²) in [4.78, 5) is 14.8. The Morgan fingerprint density at radius 1 is 1.18 bits per heavy atom. The molecule has 3 nitrogen and oxygen atoms in total. The van der Waals surface area contributed by atoms with Crippen molar-refractivity contribution >= 4 is 29.2 Å². The molecular weight excluding hydrogens is 321 g/mol. The summed E-state index contributed by atoms with van der Waals surface area (Å²) in [7, 11) is 0. The molecule has 0 aliphatic carbocycles. The number of piperidine rings is 3. The molecule has 3 atom stereocenters. The molecule has 0 saturated carbocycles. The number of benzene rings is 1. The molecule has 5 heteroatoms. The third-order valence-corrected chi connectivity index (χ3v) is 5.37. The molecular formula is C17H17Cl2NO2. The van der Waals surface area contributed by atoms with E-state index in [-0.39, 0.29) is 12.1 Å². The van der Waals surface area contributed by atoms with Gasteiger partial charge in [-0.1, -0.05) is 23.2 Å². The van der Waals surface area contributed by atoms with Crippen molar-refractivity contribution in [2.24, 2.45) is 5.92 Å². The van der Waals surface area contributed by atoms with E-state index in [4.69, 9.17) is 27.9 Å². The number of allylic oxidation sites excluding steroid dienone is 1. The maximum Gasteiger partial charge on any atom is 0.338 e. The van der Waals surface area contributed by atoms with Crippen LogP contribution in [0, 0.1) is 5.92 Å². The van der Waals surface area contributed by atoms with Crippen LogP contribution in [0.3, 0.4) is 0 Å². The monoisotopic (exact) mass is 337 g/mol. The first-order chi connectivity index (χ1) is 10.6. The number of carbonyl (C=O) groups is 1. The van der Waals surface area contributed by atoms with Gasteiger partial charge in [0.25, 0.3) is 0 Å².